The number of benzene rings is 3. The van der Waals surface area contributed by atoms with Gasteiger partial charge in [-0.1, -0.05) is 30.3 Å². The molecule has 3 aromatic carbocycles. The summed E-state index contributed by atoms with van der Waals surface area (Å²) < 4.78 is 12.0. The largest absolute Gasteiger partial charge is 0.497 e. The fraction of sp³-hybridized carbons (Fsp3) is 0.227. The van der Waals surface area contributed by atoms with E-state index in [-0.39, 0.29) is 5.41 Å². The van der Waals surface area contributed by atoms with Gasteiger partial charge in [0.05, 0.1) is 18.7 Å². The second-order valence-corrected chi connectivity index (χ2v) is 7.39. The number of methoxy groups -OCH3 is 1. The highest BCUT2D eigenvalue weighted by Gasteiger charge is 2.55. The molecule has 4 nitrogen and oxygen atoms in total. The maximum atomic E-state index is 6.56. The van der Waals surface area contributed by atoms with E-state index in [0.29, 0.717) is 0 Å². The standard InChI is InChI=1S/C22H20N2O2/c1-21(2)17-12-15(25-3)9-10-18(17)24-22(21)13-23-20-16-7-5-4-6-14(16)8-11-19(20)26-22/h4-13,24H,1-3H3. The Morgan fingerprint density at radius 1 is 1.04 bits per heavy atom. The number of nitrogens with zero attached hydrogens (tertiary/aromatic N) is 1. The second kappa shape index (κ2) is 5.01. The molecule has 2 aliphatic rings. The van der Waals surface area contributed by atoms with Gasteiger partial charge >= 0.3 is 0 Å². The van der Waals surface area contributed by atoms with E-state index in [2.05, 4.69) is 43.4 Å². The lowest BCUT2D eigenvalue weighted by atomic mass is 9.77. The summed E-state index contributed by atoms with van der Waals surface area (Å²) in [6.07, 6.45) is 1.91. The van der Waals surface area contributed by atoms with Gasteiger partial charge in [0.2, 0.25) is 5.72 Å². The van der Waals surface area contributed by atoms with Crippen molar-refractivity contribution in [2.75, 3.05) is 12.4 Å². The first-order chi connectivity index (χ1) is 12.5. The Hall–Kier alpha value is -3.01. The summed E-state index contributed by atoms with van der Waals surface area (Å²) in [5.41, 5.74) is 2.06. The quantitative estimate of drug-likeness (QED) is 0.672. The van der Waals surface area contributed by atoms with Gasteiger partial charge in [-0.15, -0.1) is 0 Å². The first kappa shape index (κ1) is 15.3. The van der Waals surface area contributed by atoms with Crippen LogP contribution >= 0.6 is 0 Å². The SMILES string of the molecule is COc1ccc2c(c1)C(C)(C)C1(C=Nc3c(ccc4ccccc34)O1)N2. The molecule has 0 aromatic heterocycles. The molecule has 0 aliphatic carbocycles. The predicted molar refractivity (Wildman–Crippen MR) is 105 cm³/mol. The van der Waals surface area contributed by atoms with E-state index in [9.17, 15) is 0 Å². The molecule has 0 bridgehead atoms. The highest BCUT2D eigenvalue weighted by Crippen LogP contribution is 2.52. The number of hydrogen-bond acceptors (Lipinski definition) is 4. The van der Waals surface area contributed by atoms with Gasteiger partial charge < -0.3 is 14.8 Å². The Morgan fingerprint density at radius 2 is 1.88 bits per heavy atom. The molecule has 130 valence electrons. The number of anilines is 1. The number of hydrogen-bond donors (Lipinski definition) is 1. The molecule has 26 heavy (non-hydrogen) atoms. The Kier molecular flexibility index (Phi) is 2.94. The van der Waals surface area contributed by atoms with Crippen molar-refractivity contribution in [3.63, 3.8) is 0 Å². The highest BCUT2D eigenvalue weighted by atomic mass is 16.5. The number of aliphatic imine (C=N–C) groups is 1. The molecule has 2 heterocycles. The molecule has 2 aliphatic heterocycles. The molecule has 1 N–H and O–H groups in total. The zero-order valence-corrected chi connectivity index (χ0v) is 15.0. The minimum atomic E-state index is -0.725. The van der Waals surface area contributed by atoms with Gasteiger partial charge in [-0.3, -0.25) is 4.99 Å². The first-order valence-corrected chi connectivity index (χ1v) is 8.77. The van der Waals surface area contributed by atoms with Crippen LogP contribution in [0, 0.1) is 0 Å². The summed E-state index contributed by atoms with van der Waals surface area (Å²) in [7, 11) is 1.69. The van der Waals surface area contributed by atoms with Gasteiger partial charge in [0.15, 0.2) is 0 Å². The monoisotopic (exact) mass is 344 g/mol. The number of rotatable bonds is 1. The van der Waals surface area contributed by atoms with E-state index >= 15 is 0 Å². The van der Waals surface area contributed by atoms with Crippen LogP contribution in [-0.4, -0.2) is 19.0 Å². The van der Waals surface area contributed by atoms with Crippen LogP contribution in [0.15, 0.2) is 59.6 Å². The third-order valence-electron chi connectivity index (χ3n) is 5.66. The Labute approximate surface area is 152 Å². The summed E-state index contributed by atoms with van der Waals surface area (Å²) in [6.45, 7) is 4.34. The lowest BCUT2D eigenvalue weighted by Gasteiger charge is -2.40. The van der Waals surface area contributed by atoms with Crippen molar-refractivity contribution in [1.82, 2.24) is 0 Å². The van der Waals surface area contributed by atoms with Crippen LogP contribution < -0.4 is 14.8 Å². The van der Waals surface area contributed by atoms with E-state index in [4.69, 9.17) is 14.5 Å². The van der Waals surface area contributed by atoms with Crippen molar-refractivity contribution in [3.05, 3.63) is 60.2 Å². The van der Waals surface area contributed by atoms with Crippen LogP contribution in [0.4, 0.5) is 11.4 Å². The lowest BCUT2D eigenvalue weighted by Crippen LogP contribution is -2.56. The Balaban J connectivity index is 1.65. The molecule has 0 radical (unpaired) electrons. The van der Waals surface area contributed by atoms with Gasteiger partial charge in [-0.2, -0.15) is 0 Å². The molecule has 1 unspecified atom stereocenters. The average molecular weight is 344 g/mol. The normalized spacial score (nSPS) is 21.8. The minimum Gasteiger partial charge on any atom is -0.497 e. The van der Waals surface area contributed by atoms with Gasteiger partial charge in [0.25, 0.3) is 0 Å². The van der Waals surface area contributed by atoms with Gasteiger partial charge in [0, 0.05) is 11.1 Å². The minimum absolute atomic E-state index is 0.316. The smallest absolute Gasteiger partial charge is 0.226 e. The maximum Gasteiger partial charge on any atom is 0.226 e. The number of fused-ring (bicyclic) bond motifs is 4. The molecule has 0 amide bonds. The Morgan fingerprint density at radius 3 is 2.73 bits per heavy atom. The topological polar surface area (TPSA) is 42.9 Å². The molecular formula is C22H20N2O2. The van der Waals surface area contributed by atoms with Gasteiger partial charge in [-0.05, 0) is 49.1 Å². The summed E-state index contributed by atoms with van der Waals surface area (Å²) in [6, 6.07) is 18.4. The van der Waals surface area contributed by atoms with E-state index in [1.54, 1.807) is 7.11 Å². The molecular weight excluding hydrogens is 324 g/mol. The van der Waals surface area contributed by atoms with Crippen LogP contribution in [0.1, 0.15) is 19.4 Å². The number of nitrogens with one attached hydrogen (secondary N) is 1. The molecule has 0 saturated carbocycles. The van der Waals surface area contributed by atoms with Gasteiger partial charge in [-0.25, -0.2) is 0 Å². The first-order valence-electron chi connectivity index (χ1n) is 8.77. The fourth-order valence-corrected chi connectivity index (χ4v) is 3.99. The maximum absolute atomic E-state index is 6.56. The zero-order valence-electron chi connectivity index (χ0n) is 15.0. The summed E-state index contributed by atoms with van der Waals surface area (Å²) in [4.78, 5) is 4.83. The fourth-order valence-electron chi connectivity index (χ4n) is 3.99. The molecule has 1 spiro atoms. The van der Waals surface area contributed by atoms with Crippen LogP contribution in [0.5, 0.6) is 11.5 Å². The third kappa shape index (κ3) is 1.87. The molecule has 1 atom stereocenters. The predicted octanol–water partition coefficient (Wildman–Crippen LogP) is 5.04. The van der Waals surface area contributed by atoms with E-state index < -0.39 is 5.72 Å². The van der Waals surface area contributed by atoms with Crippen molar-refractivity contribution in [1.29, 1.82) is 0 Å². The Bertz CT molecular complexity index is 1070. The summed E-state index contributed by atoms with van der Waals surface area (Å²) >= 11 is 0. The molecule has 5 rings (SSSR count). The lowest BCUT2D eigenvalue weighted by molar-refractivity contribution is 0.107. The van der Waals surface area contributed by atoms with Crippen LogP contribution in [-0.2, 0) is 5.41 Å². The van der Waals surface area contributed by atoms with Crippen molar-refractivity contribution in [2.24, 2.45) is 4.99 Å². The molecule has 4 heteroatoms. The highest BCUT2D eigenvalue weighted by molar-refractivity contribution is 5.99. The summed E-state index contributed by atoms with van der Waals surface area (Å²) in [5, 5.41) is 5.82. The van der Waals surface area contributed by atoms with Crippen molar-refractivity contribution in [3.8, 4) is 11.5 Å². The van der Waals surface area contributed by atoms with Crippen LogP contribution in [0.3, 0.4) is 0 Å². The van der Waals surface area contributed by atoms with Gasteiger partial charge in [0.1, 0.15) is 17.2 Å². The van der Waals surface area contributed by atoms with Crippen molar-refractivity contribution in [2.45, 2.75) is 25.0 Å². The van der Waals surface area contributed by atoms with E-state index in [1.807, 2.05) is 36.5 Å². The molecule has 0 saturated heterocycles. The van der Waals surface area contributed by atoms with Crippen LogP contribution in [0.2, 0.25) is 0 Å². The molecule has 0 fully saturated rings. The van der Waals surface area contributed by atoms with Crippen molar-refractivity contribution >= 4 is 28.4 Å². The average Bonchev–Trinajstić information content (AvgIpc) is 2.87. The van der Waals surface area contributed by atoms with Crippen molar-refractivity contribution < 1.29 is 9.47 Å². The van der Waals surface area contributed by atoms with Crippen LogP contribution in [0.25, 0.3) is 10.8 Å². The van der Waals surface area contributed by atoms with E-state index in [0.717, 1.165) is 39.2 Å². The van der Waals surface area contributed by atoms with E-state index in [1.165, 1.54) is 0 Å². The summed E-state index contributed by atoms with van der Waals surface area (Å²) in [5.74, 6) is 1.64. The zero-order chi connectivity index (χ0) is 17.9. The second-order valence-electron chi connectivity index (χ2n) is 7.39. The number of ether oxygens (including phenoxy) is 2. The molecule has 3 aromatic rings. The third-order valence-corrected chi connectivity index (χ3v) is 5.66.